The lowest BCUT2D eigenvalue weighted by Gasteiger charge is -2.11. The molecular formula is C26H16BrN. The highest BCUT2D eigenvalue weighted by Crippen LogP contribution is 2.42. The summed E-state index contributed by atoms with van der Waals surface area (Å²) in [4.78, 5) is 0. The van der Waals surface area contributed by atoms with Crippen LogP contribution in [-0.2, 0) is 0 Å². The molecule has 0 spiro atoms. The molecule has 0 N–H and O–H groups in total. The number of fused-ring (bicyclic) bond motifs is 7. The second-order valence-electron chi connectivity index (χ2n) is 7.16. The summed E-state index contributed by atoms with van der Waals surface area (Å²) in [5, 5.41) is 7.58. The molecule has 2 heteroatoms. The van der Waals surface area contributed by atoms with Crippen LogP contribution in [0.5, 0.6) is 0 Å². The minimum absolute atomic E-state index is 1.14. The molecule has 28 heavy (non-hydrogen) atoms. The average Bonchev–Trinajstić information content (AvgIpc) is 3.11. The van der Waals surface area contributed by atoms with Crippen LogP contribution in [0, 0.1) is 0 Å². The zero-order chi connectivity index (χ0) is 18.7. The third kappa shape index (κ3) is 2.12. The van der Waals surface area contributed by atoms with Gasteiger partial charge in [0.2, 0.25) is 0 Å². The van der Waals surface area contributed by atoms with Gasteiger partial charge in [0, 0.05) is 31.7 Å². The maximum Gasteiger partial charge on any atom is 0.0631 e. The Morgan fingerprint density at radius 1 is 0.536 bits per heavy atom. The van der Waals surface area contributed by atoms with Gasteiger partial charge in [0.1, 0.15) is 0 Å². The molecule has 0 unspecified atom stereocenters. The third-order valence-corrected chi connectivity index (χ3v) is 6.23. The van der Waals surface area contributed by atoms with Gasteiger partial charge in [0.05, 0.1) is 11.0 Å². The first kappa shape index (κ1) is 15.9. The van der Waals surface area contributed by atoms with Gasteiger partial charge in [-0.15, -0.1) is 0 Å². The standard InChI is InChI=1S/C26H16BrN/c27-23-16-18-9-5-7-13-21(18)26-24(23)22-15-14-17-8-4-6-12-20(17)25(22)28(26)19-10-2-1-3-11-19/h1-16H. The van der Waals surface area contributed by atoms with Crippen LogP contribution in [0.15, 0.2) is 102 Å². The summed E-state index contributed by atoms with van der Waals surface area (Å²) < 4.78 is 3.57. The molecule has 1 heterocycles. The van der Waals surface area contributed by atoms with E-state index in [1.807, 2.05) is 0 Å². The first-order valence-corrected chi connectivity index (χ1v) is 10.2. The number of benzene rings is 5. The maximum atomic E-state index is 3.88. The summed E-state index contributed by atoms with van der Waals surface area (Å²) in [7, 11) is 0. The van der Waals surface area contributed by atoms with Crippen molar-refractivity contribution >= 4 is 59.3 Å². The van der Waals surface area contributed by atoms with Crippen molar-refractivity contribution in [3.8, 4) is 5.69 Å². The monoisotopic (exact) mass is 421 g/mol. The van der Waals surface area contributed by atoms with E-state index in [9.17, 15) is 0 Å². The van der Waals surface area contributed by atoms with E-state index in [0.29, 0.717) is 0 Å². The molecule has 0 amide bonds. The maximum absolute atomic E-state index is 3.88. The Bertz CT molecular complexity index is 1510. The Hall–Kier alpha value is -3.10. The highest BCUT2D eigenvalue weighted by molar-refractivity contribution is 9.10. The molecule has 1 aromatic heterocycles. The largest absolute Gasteiger partial charge is 0.308 e. The van der Waals surface area contributed by atoms with Crippen LogP contribution in [-0.4, -0.2) is 4.57 Å². The Morgan fingerprint density at radius 2 is 1.18 bits per heavy atom. The summed E-state index contributed by atoms with van der Waals surface area (Å²) in [6.07, 6.45) is 0. The van der Waals surface area contributed by atoms with E-state index in [0.717, 1.165) is 4.47 Å². The highest BCUT2D eigenvalue weighted by Gasteiger charge is 2.19. The Labute approximate surface area is 171 Å². The fourth-order valence-electron chi connectivity index (χ4n) is 4.43. The Balaban J connectivity index is 2.00. The van der Waals surface area contributed by atoms with E-state index in [4.69, 9.17) is 0 Å². The third-order valence-electron chi connectivity index (χ3n) is 5.61. The van der Waals surface area contributed by atoms with Gasteiger partial charge in [-0.1, -0.05) is 94.8 Å². The lowest BCUT2D eigenvalue weighted by molar-refractivity contribution is 1.19. The van der Waals surface area contributed by atoms with Gasteiger partial charge in [0.15, 0.2) is 0 Å². The van der Waals surface area contributed by atoms with Crippen LogP contribution in [0.25, 0.3) is 49.0 Å². The fourth-order valence-corrected chi connectivity index (χ4v) is 5.08. The molecule has 6 rings (SSSR count). The summed E-state index contributed by atoms with van der Waals surface area (Å²) >= 11 is 3.88. The molecule has 0 saturated heterocycles. The summed E-state index contributed by atoms with van der Waals surface area (Å²) in [5.74, 6) is 0. The number of nitrogens with zero attached hydrogens (tertiary/aromatic N) is 1. The number of halogens is 1. The van der Waals surface area contributed by atoms with E-state index >= 15 is 0 Å². The predicted molar refractivity (Wildman–Crippen MR) is 123 cm³/mol. The molecular weight excluding hydrogens is 406 g/mol. The molecule has 0 aliphatic carbocycles. The highest BCUT2D eigenvalue weighted by atomic mass is 79.9. The van der Waals surface area contributed by atoms with Crippen LogP contribution in [0.1, 0.15) is 0 Å². The average molecular weight is 422 g/mol. The number of hydrogen-bond acceptors (Lipinski definition) is 0. The molecule has 0 saturated carbocycles. The van der Waals surface area contributed by atoms with Crippen molar-refractivity contribution < 1.29 is 0 Å². The van der Waals surface area contributed by atoms with Crippen molar-refractivity contribution in [2.45, 2.75) is 0 Å². The Kier molecular flexibility index (Phi) is 3.38. The second kappa shape index (κ2) is 5.95. The molecule has 1 nitrogen and oxygen atoms in total. The minimum atomic E-state index is 1.14. The van der Waals surface area contributed by atoms with Crippen molar-refractivity contribution in [2.24, 2.45) is 0 Å². The number of aromatic nitrogens is 1. The van der Waals surface area contributed by atoms with Crippen LogP contribution >= 0.6 is 15.9 Å². The van der Waals surface area contributed by atoms with Gasteiger partial charge in [-0.05, 0) is 29.0 Å². The predicted octanol–water partition coefficient (Wildman–Crippen LogP) is 7.85. The SMILES string of the molecule is Brc1cc2ccccc2c2c1c1ccc3ccccc3c1n2-c1ccccc1. The molecule has 6 aromatic rings. The van der Waals surface area contributed by atoms with Crippen LogP contribution < -0.4 is 0 Å². The van der Waals surface area contributed by atoms with Crippen molar-refractivity contribution in [3.63, 3.8) is 0 Å². The van der Waals surface area contributed by atoms with E-state index in [1.54, 1.807) is 0 Å². The fraction of sp³-hybridized carbons (Fsp3) is 0. The topological polar surface area (TPSA) is 4.93 Å². The molecule has 0 atom stereocenters. The molecule has 132 valence electrons. The quantitative estimate of drug-likeness (QED) is 0.254. The van der Waals surface area contributed by atoms with Crippen LogP contribution in [0.3, 0.4) is 0 Å². The van der Waals surface area contributed by atoms with Crippen LogP contribution in [0.4, 0.5) is 0 Å². The number of para-hydroxylation sites is 1. The lowest BCUT2D eigenvalue weighted by atomic mass is 10.0. The van der Waals surface area contributed by atoms with E-state index < -0.39 is 0 Å². The summed E-state index contributed by atoms with van der Waals surface area (Å²) in [5.41, 5.74) is 3.70. The van der Waals surface area contributed by atoms with Crippen LogP contribution in [0.2, 0.25) is 0 Å². The molecule has 0 aliphatic heterocycles. The Morgan fingerprint density at radius 3 is 1.96 bits per heavy atom. The first-order valence-electron chi connectivity index (χ1n) is 9.41. The zero-order valence-electron chi connectivity index (χ0n) is 15.1. The van der Waals surface area contributed by atoms with Gasteiger partial charge in [-0.2, -0.15) is 0 Å². The van der Waals surface area contributed by atoms with Crippen molar-refractivity contribution in [1.29, 1.82) is 0 Å². The van der Waals surface area contributed by atoms with E-state index in [2.05, 4.69) is 118 Å². The molecule has 0 bridgehead atoms. The number of rotatable bonds is 1. The van der Waals surface area contributed by atoms with Crippen molar-refractivity contribution in [1.82, 2.24) is 4.57 Å². The normalized spacial score (nSPS) is 11.8. The van der Waals surface area contributed by atoms with Gasteiger partial charge in [0.25, 0.3) is 0 Å². The first-order chi connectivity index (χ1) is 13.8. The molecule has 0 aliphatic rings. The van der Waals surface area contributed by atoms with E-state index in [-0.39, 0.29) is 0 Å². The lowest BCUT2D eigenvalue weighted by Crippen LogP contribution is -1.94. The summed E-state index contributed by atoms with van der Waals surface area (Å²) in [6, 6.07) is 34.7. The molecule has 0 fully saturated rings. The molecule has 0 radical (unpaired) electrons. The van der Waals surface area contributed by atoms with Crippen molar-refractivity contribution in [3.05, 3.63) is 102 Å². The minimum Gasteiger partial charge on any atom is -0.308 e. The second-order valence-corrected chi connectivity index (χ2v) is 8.01. The van der Waals surface area contributed by atoms with Gasteiger partial charge < -0.3 is 4.57 Å². The van der Waals surface area contributed by atoms with Crippen molar-refractivity contribution in [2.75, 3.05) is 0 Å². The van der Waals surface area contributed by atoms with Gasteiger partial charge in [-0.25, -0.2) is 0 Å². The molecule has 5 aromatic carbocycles. The summed E-state index contributed by atoms with van der Waals surface area (Å²) in [6.45, 7) is 0. The van der Waals surface area contributed by atoms with Gasteiger partial charge >= 0.3 is 0 Å². The zero-order valence-corrected chi connectivity index (χ0v) is 16.6. The smallest absolute Gasteiger partial charge is 0.0631 e. The van der Waals surface area contributed by atoms with E-state index in [1.165, 1.54) is 49.0 Å². The van der Waals surface area contributed by atoms with Gasteiger partial charge in [-0.3, -0.25) is 0 Å². The number of hydrogen-bond donors (Lipinski definition) is 0.